The molecule has 16 heavy (non-hydrogen) atoms. The first-order chi connectivity index (χ1) is 7.67. The van der Waals surface area contributed by atoms with Crippen molar-refractivity contribution in [2.24, 2.45) is 0 Å². The number of hydrogen-bond acceptors (Lipinski definition) is 3. The Balaban J connectivity index is 2.92. The van der Waals surface area contributed by atoms with E-state index in [1.54, 1.807) is 6.92 Å². The smallest absolute Gasteiger partial charge is 0.330 e. The lowest BCUT2D eigenvalue weighted by molar-refractivity contribution is -0.137. The van der Waals surface area contributed by atoms with Crippen molar-refractivity contribution in [2.75, 3.05) is 6.61 Å². The first-order valence-electron chi connectivity index (χ1n) is 4.72. The van der Waals surface area contributed by atoms with Crippen LogP contribution in [0.25, 0.3) is 6.08 Å². The summed E-state index contributed by atoms with van der Waals surface area (Å²) in [6.45, 7) is 1.96. The Morgan fingerprint density at radius 2 is 2.38 bits per heavy atom. The van der Waals surface area contributed by atoms with Crippen molar-refractivity contribution in [1.82, 2.24) is 0 Å². The second-order valence-corrected chi connectivity index (χ2v) is 2.93. The molecule has 1 aromatic carbocycles. The molecular weight excluding hydrogens is 209 g/mol. The lowest BCUT2D eigenvalue weighted by atomic mass is 10.1. The summed E-state index contributed by atoms with van der Waals surface area (Å²) in [4.78, 5) is 11.0. The number of carbonyl (C=O) groups excluding carboxylic acids is 1. The summed E-state index contributed by atoms with van der Waals surface area (Å²) in [5.41, 5.74) is 0.664. The van der Waals surface area contributed by atoms with Crippen molar-refractivity contribution in [3.63, 3.8) is 0 Å². The quantitative estimate of drug-likeness (QED) is 0.578. The van der Waals surface area contributed by atoms with Gasteiger partial charge in [-0.05, 0) is 36.8 Å². The third-order valence-electron chi connectivity index (χ3n) is 1.82. The maximum Gasteiger partial charge on any atom is 0.330 e. The average Bonchev–Trinajstić information content (AvgIpc) is 2.27. The zero-order valence-corrected chi connectivity index (χ0v) is 8.74. The van der Waals surface area contributed by atoms with E-state index in [9.17, 15) is 9.18 Å². The Hall–Kier alpha value is -2.15. The predicted octanol–water partition coefficient (Wildman–Crippen LogP) is 2.27. The van der Waals surface area contributed by atoms with Gasteiger partial charge in [-0.15, -0.1) is 0 Å². The van der Waals surface area contributed by atoms with Crippen LogP contribution in [0.15, 0.2) is 24.3 Å². The van der Waals surface area contributed by atoms with Gasteiger partial charge in [-0.25, -0.2) is 9.18 Å². The zero-order valence-electron chi connectivity index (χ0n) is 8.74. The second-order valence-electron chi connectivity index (χ2n) is 2.93. The van der Waals surface area contributed by atoms with Crippen molar-refractivity contribution >= 4 is 12.0 Å². The van der Waals surface area contributed by atoms with Crippen molar-refractivity contribution in [2.45, 2.75) is 6.92 Å². The van der Waals surface area contributed by atoms with E-state index in [-0.39, 0.29) is 6.61 Å². The van der Waals surface area contributed by atoms with E-state index in [1.807, 2.05) is 6.07 Å². The van der Waals surface area contributed by atoms with Crippen LogP contribution in [0, 0.1) is 17.1 Å². The number of rotatable bonds is 3. The largest absolute Gasteiger partial charge is 0.463 e. The Morgan fingerprint density at radius 1 is 1.62 bits per heavy atom. The molecular formula is C12H10FNO2. The molecule has 0 saturated carbocycles. The Labute approximate surface area is 92.8 Å². The Kier molecular flexibility index (Phi) is 4.22. The minimum Gasteiger partial charge on any atom is -0.463 e. The van der Waals surface area contributed by atoms with E-state index in [1.165, 1.54) is 30.4 Å². The van der Waals surface area contributed by atoms with Gasteiger partial charge in [-0.2, -0.15) is 5.26 Å². The summed E-state index contributed by atoms with van der Waals surface area (Å²) in [6, 6.07) is 5.65. The topological polar surface area (TPSA) is 50.1 Å². The third kappa shape index (κ3) is 3.21. The molecule has 0 aliphatic carbocycles. The van der Waals surface area contributed by atoms with Gasteiger partial charge in [0.25, 0.3) is 0 Å². The van der Waals surface area contributed by atoms with E-state index >= 15 is 0 Å². The molecule has 0 atom stereocenters. The van der Waals surface area contributed by atoms with Gasteiger partial charge in [0.05, 0.1) is 18.2 Å². The van der Waals surface area contributed by atoms with Crippen LogP contribution in [0.1, 0.15) is 18.1 Å². The maximum absolute atomic E-state index is 12.9. The first-order valence-corrected chi connectivity index (χ1v) is 4.72. The molecule has 3 nitrogen and oxygen atoms in total. The van der Waals surface area contributed by atoms with Gasteiger partial charge in [0, 0.05) is 6.08 Å². The second kappa shape index (κ2) is 5.66. The molecule has 0 fully saturated rings. The number of ether oxygens (including phenoxy) is 1. The fourth-order valence-electron chi connectivity index (χ4n) is 1.12. The number of halogens is 1. The minimum atomic E-state index is -0.518. The molecule has 0 aromatic heterocycles. The molecule has 0 N–H and O–H groups in total. The van der Waals surface area contributed by atoms with E-state index in [4.69, 9.17) is 5.26 Å². The highest BCUT2D eigenvalue weighted by molar-refractivity contribution is 5.87. The van der Waals surface area contributed by atoms with Crippen LogP contribution in [0.3, 0.4) is 0 Å². The summed E-state index contributed by atoms with van der Waals surface area (Å²) in [7, 11) is 0. The fraction of sp³-hybridized carbons (Fsp3) is 0.167. The monoisotopic (exact) mass is 219 g/mol. The highest BCUT2D eigenvalue weighted by Crippen LogP contribution is 2.12. The molecule has 82 valence electrons. The Morgan fingerprint density at radius 3 is 3.00 bits per heavy atom. The molecule has 1 rings (SSSR count). The fourth-order valence-corrected chi connectivity index (χ4v) is 1.12. The van der Waals surface area contributed by atoms with Gasteiger partial charge < -0.3 is 4.74 Å². The van der Waals surface area contributed by atoms with E-state index in [0.717, 1.165) is 0 Å². The molecule has 0 radical (unpaired) electrons. The van der Waals surface area contributed by atoms with Crippen LogP contribution in [0.4, 0.5) is 4.39 Å². The first kappa shape index (κ1) is 11.9. The minimum absolute atomic E-state index is 0.275. The highest BCUT2D eigenvalue weighted by Gasteiger charge is 2.01. The van der Waals surface area contributed by atoms with Crippen molar-refractivity contribution < 1.29 is 13.9 Å². The summed E-state index contributed by atoms with van der Waals surface area (Å²) in [6.07, 6.45) is 2.53. The van der Waals surface area contributed by atoms with Crippen molar-refractivity contribution in [3.8, 4) is 6.07 Å². The normalized spacial score (nSPS) is 10.1. The van der Waals surface area contributed by atoms with E-state index in [2.05, 4.69) is 4.74 Å². The SMILES string of the molecule is CCOC(=O)C=Cc1cc(F)ccc1C#N. The van der Waals surface area contributed by atoms with Gasteiger partial charge in [-0.3, -0.25) is 0 Å². The number of carbonyl (C=O) groups is 1. The summed E-state index contributed by atoms with van der Waals surface area (Å²) in [5, 5.41) is 8.76. The lowest BCUT2D eigenvalue weighted by Crippen LogP contribution is -1.98. The molecule has 0 saturated heterocycles. The number of nitriles is 1. The van der Waals surface area contributed by atoms with Gasteiger partial charge in [0.15, 0.2) is 0 Å². The summed E-state index contributed by atoms with van der Waals surface area (Å²) < 4.78 is 17.6. The molecule has 1 aromatic rings. The van der Waals surface area contributed by atoms with E-state index < -0.39 is 11.8 Å². The molecule has 0 bridgehead atoms. The number of esters is 1. The molecule has 4 heteroatoms. The summed E-state index contributed by atoms with van der Waals surface area (Å²) >= 11 is 0. The average molecular weight is 219 g/mol. The number of nitrogens with zero attached hydrogens (tertiary/aromatic N) is 1. The lowest BCUT2D eigenvalue weighted by Gasteiger charge is -1.98. The molecule has 0 aliphatic heterocycles. The zero-order chi connectivity index (χ0) is 12.0. The number of benzene rings is 1. The van der Waals surface area contributed by atoms with Crippen LogP contribution in [0.5, 0.6) is 0 Å². The Bertz CT molecular complexity index is 461. The molecule has 0 heterocycles. The standard InChI is InChI=1S/C12H10FNO2/c1-2-16-12(15)6-4-9-7-11(13)5-3-10(9)8-14/h3-7H,2H2,1H3. The molecule has 0 unspecified atom stereocenters. The maximum atomic E-state index is 12.9. The van der Waals surface area contributed by atoms with Gasteiger partial charge in [-0.1, -0.05) is 0 Å². The van der Waals surface area contributed by atoms with Crippen LogP contribution in [0.2, 0.25) is 0 Å². The predicted molar refractivity (Wildman–Crippen MR) is 56.8 cm³/mol. The molecule has 0 aliphatic rings. The van der Waals surface area contributed by atoms with Crippen molar-refractivity contribution in [1.29, 1.82) is 5.26 Å². The van der Waals surface area contributed by atoms with E-state index in [0.29, 0.717) is 11.1 Å². The summed E-state index contributed by atoms with van der Waals surface area (Å²) in [5.74, 6) is -0.974. The third-order valence-corrected chi connectivity index (χ3v) is 1.82. The van der Waals surface area contributed by atoms with Crippen LogP contribution >= 0.6 is 0 Å². The van der Waals surface area contributed by atoms with Crippen LogP contribution in [-0.4, -0.2) is 12.6 Å². The number of hydrogen-bond donors (Lipinski definition) is 0. The van der Waals surface area contributed by atoms with Gasteiger partial charge in [0.2, 0.25) is 0 Å². The molecule has 0 amide bonds. The van der Waals surface area contributed by atoms with Crippen LogP contribution in [-0.2, 0) is 9.53 Å². The van der Waals surface area contributed by atoms with Crippen molar-refractivity contribution in [3.05, 3.63) is 41.2 Å². The van der Waals surface area contributed by atoms with Gasteiger partial charge >= 0.3 is 5.97 Å². The van der Waals surface area contributed by atoms with Crippen LogP contribution < -0.4 is 0 Å². The van der Waals surface area contributed by atoms with Gasteiger partial charge in [0.1, 0.15) is 5.82 Å². The highest BCUT2D eigenvalue weighted by atomic mass is 19.1. The molecule has 0 spiro atoms.